The number of hydrazone groups is 1. The summed E-state index contributed by atoms with van der Waals surface area (Å²) in [4.78, 5) is 36.5. The van der Waals surface area contributed by atoms with Gasteiger partial charge in [0.15, 0.2) is 0 Å². The van der Waals surface area contributed by atoms with Crippen molar-refractivity contribution in [2.45, 2.75) is 44.2 Å². The molecule has 3 aliphatic rings. The fourth-order valence-corrected chi connectivity index (χ4v) is 2.47. The molecule has 1 saturated carbocycles. The van der Waals surface area contributed by atoms with E-state index in [2.05, 4.69) is 15.8 Å². The van der Waals surface area contributed by atoms with E-state index in [-0.39, 0.29) is 30.2 Å². The van der Waals surface area contributed by atoms with E-state index in [1.165, 1.54) is 0 Å². The first kappa shape index (κ1) is 12.1. The first-order valence-electron chi connectivity index (χ1n) is 6.59. The van der Waals surface area contributed by atoms with Gasteiger partial charge in [-0.05, 0) is 12.8 Å². The van der Waals surface area contributed by atoms with Crippen LogP contribution in [0, 0.1) is 0 Å². The number of likely N-dealkylation sites (tertiary alicyclic amines) is 1. The van der Waals surface area contributed by atoms with Crippen LogP contribution < -0.4 is 10.7 Å². The van der Waals surface area contributed by atoms with Crippen molar-refractivity contribution in [1.82, 2.24) is 15.6 Å². The first-order chi connectivity index (χ1) is 9.13. The van der Waals surface area contributed by atoms with E-state index in [1.807, 2.05) is 4.90 Å². The summed E-state index contributed by atoms with van der Waals surface area (Å²) < 4.78 is 0. The summed E-state index contributed by atoms with van der Waals surface area (Å²) >= 11 is 0. The lowest BCUT2D eigenvalue weighted by Gasteiger charge is -2.17. The monoisotopic (exact) mass is 264 g/mol. The second kappa shape index (κ2) is 4.64. The summed E-state index contributed by atoms with van der Waals surface area (Å²) in [5.41, 5.74) is 2.63. The molecule has 2 aliphatic heterocycles. The number of rotatable bonds is 3. The highest BCUT2D eigenvalue weighted by Crippen LogP contribution is 2.30. The van der Waals surface area contributed by atoms with Crippen LogP contribution in [-0.2, 0) is 14.4 Å². The van der Waals surface area contributed by atoms with Crippen LogP contribution in [0.15, 0.2) is 5.10 Å². The zero-order chi connectivity index (χ0) is 13.4. The van der Waals surface area contributed by atoms with Gasteiger partial charge in [0.2, 0.25) is 11.8 Å². The number of carbonyl (C=O) groups is 3. The van der Waals surface area contributed by atoms with Gasteiger partial charge in [-0.1, -0.05) is 0 Å². The Morgan fingerprint density at radius 2 is 2.11 bits per heavy atom. The minimum absolute atomic E-state index is 0.117. The predicted octanol–water partition coefficient (Wildman–Crippen LogP) is -0.868. The highest BCUT2D eigenvalue weighted by atomic mass is 16.2. The van der Waals surface area contributed by atoms with Crippen LogP contribution in [0.2, 0.25) is 0 Å². The first-order valence-corrected chi connectivity index (χ1v) is 6.59. The maximum atomic E-state index is 11.9. The Morgan fingerprint density at radius 1 is 1.32 bits per heavy atom. The Balaban J connectivity index is 1.55. The molecule has 19 heavy (non-hydrogen) atoms. The minimum atomic E-state index is -0.282. The van der Waals surface area contributed by atoms with Gasteiger partial charge >= 0.3 is 0 Å². The predicted molar refractivity (Wildman–Crippen MR) is 66.1 cm³/mol. The summed E-state index contributed by atoms with van der Waals surface area (Å²) in [6.45, 7) is 0.592. The van der Waals surface area contributed by atoms with Crippen LogP contribution in [0.3, 0.4) is 0 Å². The van der Waals surface area contributed by atoms with Crippen molar-refractivity contribution in [3.63, 3.8) is 0 Å². The molecule has 0 radical (unpaired) electrons. The van der Waals surface area contributed by atoms with Gasteiger partial charge in [-0.2, -0.15) is 5.10 Å². The lowest BCUT2D eigenvalue weighted by molar-refractivity contribution is -0.128. The SMILES string of the molecule is O=C1CCC(C(=O)NC2CC(=O)N(C3CC3)C2)=NN1. The van der Waals surface area contributed by atoms with Gasteiger partial charge < -0.3 is 10.2 Å². The Labute approximate surface area is 110 Å². The molecule has 1 atom stereocenters. The molecular weight excluding hydrogens is 248 g/mol. The summed E-state index contributed by atoms with van der Waals surface area (Å²) in [5, 5.41) is 6.57. The zero-order valence-electron chi connectivity index (χ0n) is 10.5. The quantitative estimate of drug-likeness (QED) is 0.694. The molecule has 1 aliphatic carbocycles. The smallest absolute Gasteiger partial charge is 0.267 e. The fourth-order valence-electron chi connectivity index (χ4n) is 2.47. The van der Waals surface area contributed by atoms with Crippen molar-refractivity contribution in [2.24, 2.45) is 5.10 Å². The van der Waals surface area contributed by atoms with Crippen molar-refractivity contribution < 1.29 is 14.4 Å². The van der Waals surface area contributed by atoms with Gasteiger partial charge in [0.1, 0.15) is 5.71 Å². The topological polar surface area (TPSA) is 90.9 Å². The summed E-state index contributed by atoms with van der Waals surface area (Å²) in [5.74, 6) is -0.338. The molecule has 7 heteroatoms. The molecule has 0 bridgehead atoms. The molecule has 0 spiro atoms. The van der Waals surface area contributed by atoms with Crippen LogP contribution in [-0.4, -0.2) is 47.0 Å². The highest BCUT2D eigenvalue weighted by molar-refractivity contribution is 6.39. The Morgan fingerprint density at radius 3 is 2.74 bits per heavy atom. The summed E-state index contributed by atoms with van der Waals surface area (Å²) in [7, 11) is 0. The van der Waals surface area contributed by atoms with Crippen LogP contribution in [0.5, 0.6) is 0 Å². The van der Waals surface area contributed by atoms with Gasteiger partial charge in [-0.3, -0.25) is 14.4 Å². The average molecular weight is 264 g/mol. The molecule has 0 aromatic carbocycles. The third kappa shape index (κ3) is 2.59. The molecule has 0 aromatic heterocycles. The van der Waals surface area contributed by atoms with Gasteiger partial charge in [0.25, 0.3) is 5.91 Å². The summed E-state index contributed by atoms with van der Waals surface area (Å²) in [6.07, 6.45) is 3.15. The second-order valence-corrected chi connectivity index (χ2v) is 5.25. The van der Waals surface area contributed by atoms with Crippen molar-refractivity contribution >= 4 is 23.4 Å². The van der Waals surface area contributed by atoms with E-state index in [0.29, 0.717) is 31.1 Å². The van der Waals surface area contributed by atoms with E-state index < -0.39 is 0 Å². The third-order valence-electron chi connectivity index (χ3n) is 3.65. The highest BCUT2D eigenvalue weighted by Gasteiger charge is 2.40. The molecule has 102 valence electrons. The van der Waals surface area contributed by atoms with Gasteiger partial charge in [-0.15, -0.1) is 0 Å². The molecule has 0 aromatic rings. The zero-order valence-corrected chi connectivity index (χ0v) is 10.5. The van der Waals surface area contributed by atoms with Gasteiger partial charge in [0.05, 0.1) is 6.04 Å². The molecule has 2 N–H and O–H groups in total. The fraction of sp³-hybridized carbons (Fsp3) is 0.667. The molecule has 1 unspecified atom stereocenters. The van der Waals surface area contributed by atoms with Gasteiger partial charge in [-0.25, -0.2) is 5.43 Å². The van der Waals surface area contributed by atoms with Crippen molar-refractivity contribution in [2.75, 3.05) is 6.54 Å². The van der Waals surface area contributed by atoms with E-state index in [0.717, 1.165) is 12.8 Å². The van der Waals surface area contributed by atoms with E-state index in [4.69, 9.17) is 0 Å². The van der Waals surface area contributed by atoms with E-state index >= 15 is 0 Å². The number of hydrogen-bond acceptors (Lipinski definition) is 4. The third-order valence-corrected chi connectivity index (χ3v) is 3.65. The van der Waals surface area contributed by atoms with Gasteiger partial charge in [0, 0.05) is 31.8 Å². The molecule has 3 rings (SSSR count). The molecule has 1 saturated heterocycles. The van der Waals surface area contributed by atoms with Crippen molar-refractivity contribution in [3.05, 3.63) is 0 Å². The van der Waals surface area contributed by atoms with E-state index in [1.54, 1.807) is 0 Å². The van der Waals surface area contributed by atoms with Crippen LogP contribution >= 0.6 is 0 Å². The number of nitrogens with one attached hydrogen (secondary N) is 2. The summed E-state index contributed by atoms with van der Waals surface area (Å²) in [6, 6.07) is 0.252. The Hall–Kier alpha value is -1.92. The van der Waals surface area contributed by atoms with Crippen LogP contribution in [0.1, 0.15) is 32.1 Å². The Bertz CT molecular complexity index is 470. The lowest BCUT2D eigenvalue weighted by Crippen LogP contribution is -2.43. The molecule has 2 heterocycles. The second-order valence-electron chi connectivity index (χ2n) is 5.25. The number of carbonyl (C=O) groups excluding carboxylic acids is 3. The van der Waals surface area contributed by atoms with Crippen molar-refractivity contribution in [3.8, 4) is 0 Å². The van der Waals surface area contributed by atoms with E-state index in [9.17, 15) is 14.4 Å². The molecule has 3 amide bonds. The van der Waals surface area contributed by atoms with Crippen LogP contribution in [0.4, 0.5) is 0 Å². The lowest BCUT2D eigenvalue weighted by atomic mass is 10.1. The molecule has 2 fully saturated rings. The number of hydrogen-bond donors (Lipinski definition) is 2. The average Bonchev–Trinajstić information content (AvgIpc) is 3.15. The maximum absolute atomic E-state index is 11.9. The number of amides is 3. The van der Waals surface area contributed by atoms with Crippen molar-refractivity contribution in [1.29, 1.82) is 0 Å². The number of nitrogens with zero attached hydrogens (tertiary/aromatic N) is 2. The molecule has 7 nitrogen and oxygen atoms in total. The standard InChI is InChI=1S/C12H16N4O3/c17-10-4-3-9(14-15-10)12(19)13-7-5-11(18)16(6-7)8-1-2-8/h7-8H,1-6H2,(H,13,19)(H,15,17). The normalized spacial score (nSPS) is 27.1. The molecular formula is C12H16N4O3. The minimum Gasteiger partial charge on any atom is -0.346 e. The Kier molecular flexibility index (Phi) is 2.96. The van der Waals surface area contributed by atoms with Crippen LogP contribution in [0.25, 0.3) is 0 Å². The largest absolute Gasteiger partial charge is 0.346 e. The maximum Gasteiger partial charge on any atom is 0.267 e.